The van der Waals surface area contributed by atoms with Crippen LogP contribution in [0.5, 0.6) is 0 Å². The molecule has 104 valence electrons. The van der Waals surface area contributed by atoms with Crippen LogP contribution in [0.2, 0.25) is 0 Å². The third-order valence-electron chi connectivity index (χ3n) is 3.03. The van der Waals surface area contributed by atoms with E-state index in [0.29, 0.717) is 12.1 Å². The van der Waals surface area contributed by atoms with Crippen LogP contribution >= 0.6 is 0 Å². The zero-order valence-corrected chi connectivity index (χ0v) is 11.0. The van der Waals surface area contributed by atoms with Gasteiger partial charge in [-0.25, -0.2) is 0 Å². The molecule has 0 radical (unpaired) electrons. The van der Waals surface area contributed by atoms with Gasteiger partial charge in [-0.05, 0) is 18.6 Å². The molecule has 6 heteroatoms. The van der Waals surface area contributed by atoms with Crippen molar-refractivity contribution in [3.05, 3.63) is 63.5 Å². The smallest absolute Gasteiger partial charge is 0.272 e. The van der Waals surface area contributed by atoms with Crippen LogP contribution in [-0.4, -0.2) is 15.0 Å². The first-order valence-electron chi connectivity index (χ1n) is 6.13. The Balaban J connectivity index is 2.15. The Morgan fingerprint density at radius 1 is 1.40 bits per heavy atom. The molecule has 0 amide bonds. The van der Waals surface area contributed by atoms with Gasteiger partial charge in [0.2, 0.25) is 0 Å². The maximum Gasteiger partial charge on any atom is 0.272 e. The van der Waals surface area contributed by atoms with Gasteiger partial charge in [0.15, 0.2) is 0 Å². The number of nitro groups is 1. The first kappa shape index (κ1) is 14.0. The van der Waals surface area contributed by atoms with E-state index in [-0.39, 0.29) is 17.2 Å². The fraction of sp³-hybridized carbons (Fsp3) is 0.214. The fourth-order valence-corrected chi connectivity index (χ4v) is 1.88. The maximum absolute atomic E-state index is 10.9. The zero-order valence-electron chi connectivity index (χ0n) is 11.0. The molecule has 20 heavy (non-hydrogen) atoms. The van der Waals surface area contributed by atoms with Crippen LogP contribution in [0.15, 0.2) is 36.7 Å². The minimum Gasteiger partial charge on any atom is -0.392 e. The van der Waals surface area contributed by atoms with Crippen LogP contribution < -0.4 is 5.32 Å². The highest BCUT2D eigenvalue weighted by atomic mass is 16.6. The highest BCUT2D eigenvalue weighted by Crippen LogP contribution is 2.20. The van der Waals surface area contributed by atoms with Crippen LogP contribution in [0.4, 0.5) is 11.4 Å². The second-order valence-electron chi connectivity index (χ2n) is 4.42. The maximum atomic E-state index is 10.9. The SMILES string of the molecule is Cc1ccc(CNc2cnccc2CO)cc1[N+](=O)[O-]. The van der Waals surface area contributed by atoms with Crippen molar-refractivity contribution < 1.29 is 10.0 Å². The van der Waals surface area contributed by atoms with Crippen molar-refractivity contribution in [2.24, 2.45) is 0 Å². The number of hydrogen-bond donors (Lipinski definition) is 2. The van der Waals surface area contributed by atoms with Gasteiger partial charge < -0.3 is 10.4 Å². The summed E-state index contributed by atoms with van der Waals surface area (Å²) in [7, 11) is 0. The standard InChI is InChI=1S/C14H15N3O3/c1-10-2-3-11(6-14(10)17(19)20)7-16-13-8-15-5-4-12(13)9-18/h2-6,8,16,18H,7,9H2,1H3. The summed E-state index contributed by atoms with van der Waals surface area (Å²) in [6, 6.07) is 6.84. The van der Waals surface area contributed by atoms with Gasteiger partial charge >= 0.3 is 0 Å². The molecule has 1 aromatic heterocycles. The summed E-state index contributed by atoms with van der Waals surface area (Å²) in [4.78, 5) is 14.5. The number of aromatic nitrogens is 1. The van der Waals surface area contributed by atoms with Crippen LogP contribution in [0, 0.1) is 17.0 Å². The van der Waals surface area contributed by atoms with Gasteiger partial charge in [-0.3, -0.25) is 15.1 Å². The van der Waals surface area contributed by atoms with Crippen molar-refractivity contribution in [2.45, 2.75) is 20.1 Å². The Morgan fingerprint density at radius 2 is 2.20 bits per heavy atom. The molecule has 0 fully saturated rings. The van der Waals surface area contributed by atoms with Gasteiger partial charge in [0.1, 0.15) is 0 Å². The molecule has 6 nitrogen and oxygen atoms in total. The number of rotatable bonds is 5. The molecule has 0 spiro atoms. The molecule has 1 heterocycles. The topological polar surface area (TPSA) is 88.3 Å². The number of hydrogen-bond acceptors (Lipinski definition) is 5. The average molecular weight is 273 g/mol. The van der Waals surface area contributed by atoms with Crippen molar-refractivity contribution in [3.63, 3.8) is 0 Å². The van der Waals surface area contributed by atoms with Crippen molar-refractivity contribution in [2.75, 3.05) is 5.32 Å². The Labute approximate surface area is 116 Å². The summed E-state index contributed by atoms with van der Waals surface area (Å²) in [5, 5.41) is 23.2. The van der Waals surface area contributed by atoms with Gasteiger partial charge in [-0.15, -0.1) is 0 Å². The normalized spacial score (nSPS) is 10.3. The van der Waals surface area contributed by atoms with Crippen molar-refractivity contribution in [1.82, 2.24) is 4.98 Å². The number of anilines is 1. The zero-order chi connectivity index (χ0) is 14.5. The lowest BCUT2D eigenvalue weighted by molar-refractivity contribution is -0.385. The number of pyridine rings is 1. The number of aryl methyl sites for hydroxylation is 1. The number of nitro benzene ring substituents is 1. The van der Waals surface area contributed by atoms with E-state index < -0.39 is 0 Å². The van der Waals surface area contributed by atoms with E-state index in [9.17, 15) is 15.2 Å². The second-order valence-corrected chi connectivity index (χ2v) is 4.42. The minimum absolute atomic E-state index is 0.0844. The van der Waals surface area contributed by atoms with E-state index in [1.54, 1.807) is 37.5 Å². The molecule has 1 aromatic carbocycles. The third-order valence-corrected chi connectivity index (χ3v) is 3.03. The Bertz CT molecular complexity index is 629. The molecule has 0 saturated carbocycles. The quantitative estimate of drug-likeness (QED) is 0.645. The van der Waals surface area contributed by atoms with Crippen LogP contribution in [-0.2, 0) is 13.2 Å². The highest BCUT2D eigenvalue weighted by molar-refractivity contribution is 5.50. The number of nitrogens with one attached hydrogen (secondary N) is 1. The van der Waals surface area contributed by atoms with Gasteiger partial charge in [-0.2, -0.15) is 0 Å². The van der Waals surface area contributed by atoms with E-state index in [2.05, 4.69) is 10.3 Å². The van der Waals surface area contributed by atoms with E-state index in [0.717, 1.165) is 16.8 Å². The van der Waals surface area contributed by atoms with Crippen LogP contribution in [0.25, 0.3) is 0 Å². The molecular weight excluding hydrogens is 258 g/mol. The van der Waals surface area contributed by atoms with E-state index >= 15 is 0 Å². The number of aliphatic hydroxyl groups is 1. The van der Waals surface area contributed by atoms with Crippen molar-refractivity contribution >= 4 is 11.4 Å². The number of aliphatic hydroxyl groups excluding tert-OH is 1. The molecule has 0 unspecified atom stereocenters. The number of benzene rings is 1. The predicted molar refractivity (Wildman–Crippen MR) is 75.3 cm³/mol. The monoisotopic (exact) mass is 273 g/mol. The van der Waals surface area contributed by atoms with Crippen molar-refractivity contribution in [3.8, 4) is 0 Å². The molecule has 0 aliphatic heterocycles. The molecule has 2 rings (SSSR count). The second kappa shape index (κ2) is 6.12. The molecule has 2 N–H and O–H groups in total. The molecule has 0 aliphatic rings. The molecule has 0 bridgehead atoms. The summed E-state index contributed by atoms with van der Waals surface area (Å²) < 4.78 is 0. The average Bonchev–Trinajstić information content (AvgIpc) is 2.46. The van der Waals surface area contributed by atoms with Gasteiger partial charge in [0.25, 0.3) is 5.69 Å². The summed E-state index contributed by atoms with van der Waals surface area (Å²) in [5.74, 6) is 0. The minimum atomic E-state index is -0.387. The Kier molecular flexibility index (Phi) is 4.27. The first-order valence-corrected chi connectivity index (χ1v) is 6.13. The van der Waals surface area contributed by atoms with Crippen LogP contribution in [0.1, 0.15) is 16.7 Å². The molecule has 0 atom stereocenters. The molecule has 0 saturated heterocycles. The Morgan fingerprint density at radius 3 is 2.90 bits per heavy atom. The largest absolute Gasteiger partial charge is 0.392 e. The van der Waals surface area contributed by atoms with E-state index in [4.69, 9.17) is 0 Å². The highest BCUT2D eigenvalue weighted by Gasteiger charge is 2.11. The van der Waals surface area contributed by atoms with Gasteiger partial charge in [0, 0.05) is 29.9 Å². The fourth-order valence-electron chi connectivity index (χ4n) is 1.88. The Hall–Kier alpha value is -2.47. The predicted octanol–water partition coefficient (Wildman–Crippen LogP) is 2.40. The van der Waals surface area contributed by atoms with Crippen LogP contribution in [0.3, 0.4) is 0 Å². The van der Waals surface area contributed by atoms with Crippen molar-refractivity contribution in [1.29, 1.82) is 0 Å². The summed E-state index contributed by atoms with van der Waals surface area (Å²) in [6.45, 7) is 2.05. The van der Waals surface area contributed by atoms with Gasteiger partial charge in [0.05, 0.1) is 23.4 Å². The first-order chi connectivity index (χ1) is 9.61. The van der Waals surface area contributed by atoms with Gasteiger partial charge in [-0.1, -0.05) is 12.1 Å². The lowest BCUT2D eigenvalue weighted by atomic mass is 10.1. The third kappa shape index (κ3) is 3.10. The molecule has 2 aromatic rings. The summed E-state index contributed by atoms with van der Waals surface area (Å²) >= 11 is 0. The summed E-state index contributed by atoms with van der Waals surface area (Å²) in [6.07, 6.45) is 3.22. The van der Waals surface area contributed by atoms with E-state index in [1.165, 1.54) is 0 Å². The lowest BCUT2D eigenvalue weighted by Gasteiger charge is -2.10. The summed E-state index contributed by atoms with van der Waals surface area (Å²) in [5.41, 5.74) is 3.00. The molecule has 0 aliphatic carbocycles. The lowest BCUT2D eigenvalue weighted by Crippen LogP contribution is -2.04. The number of nitrogens with zero attached hydrogens (tertiary/aromatic N) is 2. The van der Waals surface area contributed by atoms with E-state index in [1.807, 2.05) is 6.07 Å². The molecular formula is C14H15N3O3.